The topological polar surface area (TPSA) is 36.3 Å². The molecule has 0 unspecified atom stereocenters. The molecule has 1 aliphatic rings. The summed E-state index contributed by atoms with van der Waals surface area (Å²) < 4.78 is 6.20. The van der Waals surface area contributed by atoms with E-state index in [-0.39, 0.29) is 5.60 Å². The van der Waals surface area contributed by atoms with Gasteiger partial charge in [-0.05, 0) is 37.5 Å². The van der Waals surface area contributed by atoms with Crippen molar-refractivity contribution in [2.24, 2.45) is 0 Å². The predicted octanol–water partition coefficient (Wildman–Crippen LogP) is 3.28. The number of nitriles is 1. The van der Waals surface area contributed by atoms with Crippen LogP contribution in [0.5, 0.6) is 5.75 Å². The summed E-state index contributed by atoms with van der Waals surface area (Å²) in [6.45, 7) is 7.57. The first kappa shape index (κ1) is 12.8. The first-order chi connectivity index (χ1) is 8.64. The van der Waals surface area contributed by atoms with E-state index in [2.05, 4.69) is 43.9 Å². The minimum atomic E-state index is -0.154. The van der Waals surface area contributed by atoms with Gasteiger partial charge in [0.25, 0.3) is 0 Å². The molecule has 18 heavy (non-hydrogen) atoms. The van der Waals surface area contributed by atoms with Gasteiger partial charge in [-0.3, -0.25) is 0 Å². The minimum Gasteiger partial charge on any atom is -0.483 e. The van der Waals surface area contributed by atoms with Crippen molar-refractivity contribution >= 4 is 5.69 Å². The van der Waals surface area contributed by atoms with Crippen LogP contribution in [0, 0.1) is 18.3 Å². The molecule has 0 bridgehead atoms. The summed E-state index contributed by atoms with van der Waals surface area (Å²) in [4.78, 5) is 2.14. The molecule has 3 heteroatoms. The summed E-state index contributed by atoms with van der Waals surface area (Å²) in [5.41, 5.74) is 2.09. The van der Waals surface area contributed by atoms with Crippen LogP contribution in [0.1, 0.15) is 32.3 Å². The largest absolute Gasteiger partial charge is 0.483 e. The maximum atomic E-state index is 9.00. The van der Waals surface area contributed by atoms with Gasteiger partial charge in [0.2, 0.25) is 0 Å². The smallest absolute Gasteiger partial charge is 0.143 e. The molecule has 0 aromatic heterocycles. The summed E-state index contributed by atoms with van der Waals surface area (Å²) in [6.07, 6.45) is 1.91. The number of fused-ring (bicyclic) bond motifs is 1. The van der Waals surface area contributed by atoms with Crippen molar-refractivity contribution in [2.45, 2.75) is 39.2 Å². The Morgan fingerprint density at radius 2 is 2.11 bits per heavy atom. The molecule has 0 spiro atoms. The molecule has 0 N–H and O–H groups in total. The summed E-state index contributed by atoms with van der Waals surface area (Å²) >= 11 is 0. The lowest BCUT2D eigenvalue weighted by Crippen LogP contribution is -2.50. The number of nitrogens with zero attached hydrogens (tertiary/aromatic N) is 2. The minimum absolute atomic E-state index is 0.154. The van der Waals surface area contributed by atoms with Crippen LogP contribution in [0.25, 0.3) is 0 Å². The third-order valence-corrected chi connectivity index (χ3v) is 3.81. The number of benzene rings is 1. The molecule has 96 valence electrons. The zero-order chi connectivity index (χ0) is 13.2. The fourth-order valence-corrected chi connectivity index (χ4v) is 2.50. The Bertz CT molecular complexity index is 472. The van der Waals surface area contributed by atoms with Gasteiger partial charge in [0, 0.05) is 0 Å². The van der Waals surface area contributed by atoms with E-state index < -0.39 is 0 Å². The molecule has 0 atom stereocenters. The van der Waals surface area contributed by atoms with E-state index in [0.29, 0.717) is 6.54 Å². The van der Waals surface area contributed by atoms with E-state index in [9.17, 15) is 0 Å². The van der Waals surface area contributed by atoms with Gasteiger partial charge in [-0.2, -0.15) is 5.26 Å². The molecule has 0 saturated heterocycles. The SMILES string of the molecule is CCC1(CC)CN(CC#N)c2cc(C)ccc2O1. The lowest BCUT2D eigenvalue weighted by atomic mass is 9.93. The molecule has 1 heterocycles. The van der Waals surface area contributed by atoms with Crippen LogP contribution in [0.2, 0.25) is 0 Å². The summed E-state index contributed by atoms with van der Waals surface area (Å²) in [5.74, 6) is 0.908. The van der Waals surface area contributed by atoms with Crippen molar-refractivity contribution in [1.82, 2.24) is 0 Å². The highest BCUT2D eigenvalue weighted by Gasteiger charge is 2.36. The average molecular weight is 244 g/mol. The predicted molar refractivity (Wildman–Crippen MR) is 72.9 cm³/mol. The Labute approximate surface area is 109 Å². The average Bonchev–Trinajstić information content (AvgIpc) is 2.39. The van der Waals surface area contributed by atoms with Crippen LogP contribution < -0.4 is 9.64 Å². The van der Waals surface area contributed by atoms with E-state index in [4.69, 9.17) is 10.00 Å². The standard InChI is InChI=1S/C15H20N2O/c1-4-15(5-2)11-17(9-8-16)13-10-12(3)6-7-14(13)18-15/h6-7,10H,4-5,9,11H2,1-3H3. The molecule has 1 aromatic rings. The summed E-state index contributed by atoms with van der Waals surface area (Å²) in [5, 5.41) is 9.00. The Morgan fingerprint density at radius 3 is 2.72 bits per heavy atom. The highest BCUT2D eigenvalue weighted by Crippen LogP contribution is 2.39. The second kappa shape index (κ2) is 4.89. The zero-order valence-corrected chi connectivity index (χ0v) is 11.4. The fourth-order valence-electron chi connectivity index (χ4n) is 2.50. The molecule has 3 nitrogen and oxygen atoms in total. The molecular formula is C15H20N2O. The van der Waals surface area contributed by atoms with Crippen molar-refractivity contribution in [3.8, 4) is 11.8 Å². The molecule has 0 fully saturated rings. The van der Waals surface area contributed by atoms with Crippen LogP contribution in [-0.4, -0.2) is 18.7 Å². The fraction of sp³-hybridized carbons (Fsp3) is 0.533. The van der Waals surface area contributed by atoms with Crippen LogP contribution in [0.15, 0.2) is 18.2 Å². The highest BCUT2D eigenvalue weighted by molar-refractivity contribution is 5.62. The molecule has 0 aliphatic carbocycles. The van der Waals surface area contributed by atoms with E-state index in [1.807, 2.05) is 6.07 Å². The number of ether oxygens (including phenoxy) is 1. The van der Waals surface area contributed by atoms with Crippen LogP contribution in [-0.2, 0) is 0 Å². The summed E-state index contributed by atoms with van der Waals surface area (Å²) in [7, 11) is 0. The maximum absolute atomic E-state index is 9.00. The van der Waals surface area contributed by atoms with Gasteiger partial charge >= 0.3 is 0 Å². The van der Waals surface area contributed by atoms with Crippen molar-refractivity contribution in [2.75, 3.05) is 18.0 Å². The normalized spacial score (nSPS) is 16.7. The lowest BCUT2D eigenvalue weighted by molar-refractivity contribution is 0.0583. The molecule has 0 amide bonds. The number of hydrogen-bond acceptors (Lipinski definition) is 3. The van der Waals surface area contributed by atoms with E-state index in [1.54, 1.807) is 0 Å². The Hall–Kier alpha value is -1.69. The number of anilines is 1. The lowest BCUT2D eigenvalue weighted by Gasteiger charge is -2.43. The monoisotopic (exact) mass is 244 g/mol. The maximum Gasteiger partial charge on any atom is 0.143 e. The quantitative estimate of drug-likeness (QED) is 0.766. The van der Waals surface area contributed by atoms with Gasteiger partial charge in [-0.1, -0.05) is 19.9 Å². The van der Waals surface area contributed by atoms with Gasteiger partial charge in [0.15, 0.2) is 0 Å². The van der Waals surface area contributed by atoms with E-state index in [1.165, 1.54) is 5.56 Å². The van der Waals surface area contributed by atoms with Crippen LogP contribution in [0.4, 0.5) is 5.69 Å². The second-order valence-electron chi connectivity index (χ2n) is 4.98. The third kappa shape index (κ3) is 2.15. The number of rotatable bonds is 3. The molecular weight excluding hydrogens is 224 g/mol. The zero-order valence-electron chi connectivity index (χ0n) is 11.4. The van der Waals surface area contributed by atoms with Gasteiger partial charge in [-0.25, -0.2) is 0 Å². The van der Waals surface area contributed by atoms with Crippen LogP contribution >= 0.6 is 0 Å². The Morgan fingerprint density at radius 1 is 1.39 bits per heavy atom. The van der Waals surface area contributed by atoms with E-state index >= 15 is 0 Å². The van der Waals surface area contributed by atoms with Crippen molar-refractivity contribution in [3.05, 3.63) is 23.8 Å². The first-order valence-electron chi connectivity index (χ1n) is 6.55. The molecule has 2 rings (SSSR count). The molecule has 1 aromatic carbocycles. The van der Waals surface area contributed by atoms with Crippen molar-refractivity contribution in [3.63, 3.8) is 0 Å². The Kier molecular flexibility index (Phi) is 3.47. The molecule has 0 saturated carbocycles. The van der Waals surface area contributed by atoms with E-state index in [0.717, 1.165) is 30.8 Å². The van der Waals surface area contributed by atoms with Gasteiger partial charge < -0.3 is 9.64 Å². The highest BCUT2D eigenvalue weighted by atomic mass is 16.5. The van der Waals surface area contributed by atoms with Crippen LogP contribution in [0.3, 0.4) is 0 Å². The first-order valence-corrected chi connectivity index (χ1v) is 6.55. The van der Waals surface area contributed by atoms with Gasteiger partial charge in [0.1, 0.15) is 17.9 Å². The molecule has 1 aliphatic heterocycles. The third-order valence-electron chi connectivity index (χ3n) is 3.81. The van der Waals surface area contributed by atoms with Gasteiger partial charge in [0.05, 0.1) is 18.3 Å². The van der Waals surface area contributed by atoms with Crippen molar-refractivity contribution < 1.29 is 4.74 Å². The second-order valence-corrected chi connectivity index (χ2v) is 4.98. The Balaban J connectivity index is 2.43. The molecule has 0 radical (unpaired) electrons. The van der Waals surface area contributed by atoms with Crippen molar-refractivity contribution in [1.29, 1.82) is 5.26 Å². The summed E-state index contributed by atoms with van der Waals surface area (Å²) in [6, 6.07) is 8.44. The number of aryl methyl sites for hydroxylation is 1. The van der Waals surface area contributed by atoms with Gasteiger partial charge in [-0.15, -0.1) is 0 Å². The number of hydrogen-bond donors (Lipinski definition) is 0.